The van der Waals surface area contributed by atoms with Crippen LogP contribution in [0.4, 0.5) is 0 Å². The van der Waals surface area contributed by atoms with Gasteiger partial charge in [-0.2, -0.15) is 0 Å². The van der Waals surface area contributed by atoms with Gasteiger partial charge in [0, 0.05) is 13.2 Å². The molecule has 6 nitrogen and oxygen atoms in total. The molecular formula is C14H24N2O4. The van der Waals surface area contributed by atoms with Gasteiger partial charge in [0.1, 0.15) is 0 Å². The number of carbonyl (C=O) groups excluding carboxylic acids is 1. The van der Waals surface area contributed by atoms with Crippen LogP contribution in [0.3, 0.4) is 0 Å². The van der Waals surface area contributed by atoms with Crippen LogP contribution in [-0.4, -0.2) is 49.3 Å². The number of ether oxygens (including phenoxy) is 1. The molecule has 0 spiro atoms. The van der Waals surface area contributed by atoms with Crippen molar-refractivity contribution in [1.29, 1.82) is 0 Å². The number of carboxylic acid groups (broad SMARTS) is 1. The third-order valence-electron chi connectivity index (χ3n) is 4.22. The molecule has 0 aromatic carbocycles. The van der Waals surface area contributed by atoms with Crippen molar-refractivity contribution in [2.45, 2.75) is 38.2 Å². The molecule has 114 valence electrons. The number of nitrogens with one attached hydrogen (secondary N) is 2. The normalized spacial score (nSPS) is 29.5. The van der Waals surface area contributed by atoms with E-state index in [0.717, 1.165) is 38.7 Å². The van der Waals surface area contributed by atoms with Gasteiger partial charge in [-0.25, -0.2) is 0 Å². The summed E-state index contributed by atoms with van der Waals surface area (Å²) in [6.45, 7) is 2.21. The van der Waals surface area contributed by atoms with Gasteiger partial charge < -0.3 is 20.5 Å². The SMILES string of the molecule is O=C(CNCC1CCCC1C(=O)O)NCC1CCCO1. The van der Waals surface area contributed by atoms with Gasteiger partial charge in [-0.3, -0.25) is 9.59 Å². The van der Waals surface area contributed by atoms with Gasteiger partial charge in [0.05, 0.1) is 18.6 Å². The van der Waals surface area contributed by atoms with Gasteiger partial charge in [0.25, 0.3) is 0 Å². The van der Waals surface area contributed by atoms with Crippen LogP contribution in [0.1, 0.15) is 32.1 Å². The third kappa shape index (κ3) is 4.45. The van der Waals surface area contributed by atoms with E-state index in [1.807, 2.05) is 0 Å². The van der Waals surface area contributed by atoms with E-state index in [1.54, 1.807) is 0 Å². The molecule has 20 heavy (non-hydrogen) atoms. The zero-order valence-electron chi connectivity index (χ0n) is 11.8. The molecular weight excluding hydrogens is 260 g/mol. The molecule has 3 atom stereocenters. The molecule has 1 amide bonds. The highest BCUT2D eigenvalue weighted by molar-refractivity contribution is 5.78. The van der Waals surface area contributed by atoms with E-state index in [-0.39, 0.29) is 30.4 Å². The summed E-state index contributed by atoms with van der Waals surface area (Å²) >= 11 is 0. The van der Waals surface area contributed by atoms with E-state index in [1.165, 1.54) is 0 Å². The maximum Gasteiger partial charge on any atom is 0.306 e. The summed E-state index contributed by atoms with van der Waals surface area (Å²) in [6, 6.07) is 0. The summed E-state index contributed by atoms with van der Waals surface area (Å²) in [4.78, 5) is 22.7. The van der Waals surface area contributed by atoms with Crippen molar-refractivity contribution >= 4 is 11.9 Å². The van der Waals surface area contributed by atoms with Gasteiger partial charge in [-0.15, -0.1) is 0 Å². The Balaban J connectivity index is 1.57. The van der Waals surface area contributed by atoms with E-state index in [0.29, 0.717) is 13.1 Å². The van der Waals surface area contributed by atoms with E-state index < -0.39 is 5.97 Å². The summed E-state index contributed by atoms with van der Waals surface area (Å²) in [5.74, 6) is -0.863. The molecule has 1 heterocycles. The standard InChI is InChI=1S/C14H24N2O4/c17-13(16-8-11-4-2-6-20-11)9-15-7-10-3-1-5-12(10)14(18)19/h10-12,15H,1-9H2,(H,16,17)(H,18,19). The van der Waals surface area contributed by atoms with Crippen LogP contribution in [0.25, 0.3) is 0 Å². The van der Waals surface area contributed by atoms with E-state index >= 15 is 0 Å². The van der Waals surface area contributed by atoms with Crippen molar-refractivity contribution in [2.24, 2.45) is 11.8 Å². The fraction of sp³-hybridized carbons (Fsp3) is 0.857. The Morgan fingerprint density at radius 1 is 1.15 bits per heavy atom. The molecule has 0 bridgehead atoms. The Bertz CT molecular complexity index is 342. The minimum Gasteiger partial charge on any atom is -0.481 e. The number of hydrogen-bond donors (Lipinski definition) is 3. The van der Waals surface area contributed by atoms with Gasteiger partial charge in [0.15, 0.2) is 0 Å². The smallest absolute Gasteiger partial charge is 0.306 e. The minimum atomic E-state index is -0.711. The lowest BCUT2D eigenvalue weighted by molar-refractivity contribution is -0.142. The Morgan fingerprint density at radius 3 is 2.70 bits per heavy atom. The highest BCUT2D eigenvalue weighted by atomic mass is 16.5. The largest absolute Gasteiger partial charge is 0.481 e. The van der Waals surface area contributed by atoms with Crippen molar-refractivity contribution in [3.63, 3.8) is 0 Å². The molecule has 1 aliphatic heterocycles. The van der Waals surface area contributed by atoms with Crippen LogP contribution in [0.15, 0.2) is 0 Å². The number of carboxylic acids is 1. The number of carbonyl (C=O) groups is 2. The van der Waals surface area contributed by atoms with Crippen molar-refractivity contribution in [1.82, 2.24) is 10.6 Å². The first kappa shape index (κ1) is 15.3. The molecule has 2 aliphatic rings. The lowest BCUT2D eigenvalue weighted by atomic mass is 9.96. The average molecular weight is 284 g/mol. The average Bonchev–Trinajstić information content (AvgIpc) is 3.07. The molecule has 1 saturated carbocycles. The van der Waals surface area contributed by atoms with Crippen molar-refractivity contribution in [3.8, 4) is 0 Å². The summed E-state index contributed by atoms with van der Waals surface area (Å²) in [6.07, 6.45) is 4.89. The molecule has 1 saturated heterocycles. The summed E-state index contributed by atoms with van der Waals surface area (Å²) < 4.78 is 5.43. The molecule has 1 aliphatic carbocycles. The number of aliphatic carboxylic acids is 1. The summed E-state index contributed by atoms with van der Waals surface area (Å²) in [5.41, 5.74) is 0. The number of amides is 1. The fourth-order valence-electron chi connectivity index (χ4n) is 3.07. The van der Waals surface area contributed by atoms with Gasteiger partial charge >= 0.3 is 5.97 Å². The van der Waals surface area contributed by atoms with Crippen LogP contribution in [0, 0.1) is 11.8 Å². The van der Waals surface area contributed by atoms with Crippen LogP contribution in [-0.2, 0) is 14.3 Å². The maximum atomic E-state index is 11.6. The van der Waals surface area contributed by atoms with Crippen molar-refractivity contribution < 1.29 is 19.4 Å². The second kappa shape index (κ2) is 7.59. The fourth-order valence-corrected chi connectivity index (χ4v) is 3.07. The molecule has 3 N–H and O–H groups in total. The highest BCUT2D eigenvalue weighted by Gasteiger charge is 2.32. The van der Waals surface area contributed by atoms with E-state index in [4.69, 9.17) is 9.84 Å². The highest BCUT2D eigenvalue weighted by Crippen LogP contribution is 2.31. The number of rotatable bonds is 7. The zero-order valence-corrected chi connectivity index (χ0v) is 11.8. The second-order valence-corrected chi connectivity index (χ2v) is 5.71. The van der Waals surface area contributed by atoms with Crippen LogP contribution >= 0.6 is 0 Å². The summed E-state index contributed by atoms with van der Waals surface area (Å²) in [7, 11) is 0. The van der Waals surface area contributed by atoms with E-state index in [2.05, 4.69) is 10.6 Å². The summed E-state index contributed by atoms with van der Waals surface area (Å²) in [5, 5.41) is 15.0. The lowest BCUT2D eigenvalue weighted by Gasteiger charge is -2.16. The van der Waals surface area contributed by atoms with Gasteiger partial charge in [-0.05, 0) is 38.1 Å². The predicted octanol–water partition coefficient (Wildman–Crippen LogP) is 0.372. The lowest BCUT2D eigenvalue weighted by Crippen LogP contribution is -2.40. The Labute approximate surface area is 119 Å². The molecule has 0 aromatic heterocycles. The monoisotopic (exact) mass is 284 g/mol. The molecule has 3 unspecified atom stereocenters. The molecule has 6 heteroatoms. The number of hydrogen-bond acceptors (Lipinski definition) is 4. The molecule has 2 fully saturated rings. The van der Waals surface area contributed by atoms with Crippen molar-refractivity contribution in [2.75, 3.05) is 26.2 Å². The Kier molecular flexibility index (Phi) is 5.79. The van der Waals surface area contributed by atoms with Gasteiger partial charge in [0.2, 0.25) is 5.91 Å². The van der Waals surface area contributed by atoms with Crippen LogP contribution in [0.5, 0.6) is 0 Å². The van der Waals surface area contributed by atoms with Crippen molar-refractivity contribution in [3.05, 3.63) is 0 Å². The second-order valence-electron chi connectivity index (χ2n) is 5.71. The molecule has 2 rings (SSSR count). The van der Waals surface area contributed by atoms with Crippen LogP contribution < -0.4 is 10.6 Å². The zero-order chi connectivity index (χ0) is 14.4. The first-order valence-electron chi connectivity index (χ1n) is 7.48. The topological polar surface area (TPSA) is 87.7 Å². The first-order valence-corrected chi connectivity index (χ1v) is 7.48. The predicted molar refractivity (Wildman–Crippen MR) is 73.3 cm³/mol. The Hall–Kier alpha value is -1.14. The minimum absolute atomic E-state index is 0.0506. The molecule has 0 aromatic rings. The maximum absolute atomic E-state index is 11.6. The Morgan fingerprint density at radius 2 is 2.00 bits per heavy atom. The first-order chi connectivity index (χ1) is 9.66. The van der Waals surface area contributed by atoms with Gasteiger partial charge in [-0.1, -0.05) is 6.42 Å². The quantitative estimate of drug-likeness (QED) is 0.629. The third-order valence-corrected chi connectivity index (χ3v) is 4.22. The van der Waals surface area contributed by atoms with Crippen LogP contribution in [0.2, 0.25) is 0 Å². The molecule has 0 radical (unpaired) electrons. The van der Waals surface area contributed by atoms with E-state index in [9.17, 15) is 9.59 Å².